The number of amides is 1. The Hall–Kier alpha value is -2.04. The average Bonchev–Trinajstić information content (AvgIpc) is 2.32. The van der Waals surface area contributed by atoms with Gasteiger partial charge in [0.1, 0.15) is 12.4 Å². The first-order valence-electron chi connectivity index (χ1n) is 4.95. The van der Waals surface area contributed by atoms with Crippen molar-refractivity contribution < 1.29 is 18.8 Å². The summed E-state index contributed by atoms with van der Waals surface area (Å²) in [6, 6.07) is 4.08. The predicted molar refractivity (Wildman–Crippen MR) is 57.4 cm³/mol. The van der Waals surface area contributed by atoms with E-state index in [9.17, 15) is 14.0 Å². The van der Waals surface area contributed by atoms with Crippen LogP contribution in [0.2, 0.25) is 0 Å². The zero-order chi connectivity index (χ0) is 12.7. The first-order chi connectivity index (χ1) is 8.19. The van der Waals surface area contributed by atoms with Crippen LogP contribution >= 0.6 is 0 Å². The van der Waals surface area contributed by atoms with Gasteiger partial charge in [0.05, 0.1) is 5.69 Å². The third kappa shape index (κ3) is 3.79. The highest BCUT2D eigenvalue weighted by molar-refractivity contribution is 5.74. The summed E-state index contributed by atoms with van der Waals surface area (Å²) < 4.78 is 13.4. The molecular weight excluding hydrogens is 227 g/mol. The largest absolute Gasteiger partial charge is 0.273 e. The van der Waals surface area contributed by atoms with Crippen molar-refractivity contribution in [1.29, 1.82) is 0 Å². The normalized spacial score (nSPS) is 9.53. The number of rotatable bonds is 5. The average molecular weight is 238 g/mol. The predicted octanol–water partition coefficient (Wildman–Crippen LogP) is 1.75. The maximum Gasteiger partial charge on any atom is 0.243 e. The van der Waals surface area contributed by atoms with E-state index in [0.717, 1.165) is 0 Å². The molecule has 0 aliphatic carbocycles. The third-order valence-electron chi connectivity index (χ3n) is 1.98. The zero-order valence-electron chi connectivity index (χ0n) is 9.20. The van der Waals surface area contributed by atoms with Gasteiger partial charge in [0, 0.05) is 12.0 Å². The molecule has 1 amide bonds. The van der Waals surface area contributed by atoms with Crippen molar-refractivity contribution in [2.75, 3.05) is 0 Å². The van der Waals surface area contributed by atoms with Crippen LogP contribution in [0.15, 0.2) is 23.2 Å². The molecule has 17 heavy (non-hydrogen) atoms. The summed E-state index contributed by atoms with van der Waals surface area (Å²) in [5.74, 6) is -0.881. The molecule has 0 unspecified atom stereocenters. The smallest absolute Gasteiger partial charge is 0.243 e. The lowest BCUT2D eigenvalue weighted by Crippen LogP contribution is -2.22. The molecule has 0 spiro atoms. The summed E-state index contributed by atoms with van der Waals surface area (Å²) in [7, 11) is 0. The highest BCUT2D eigenvalue weighted by atomic mass is 19.1. The van der Waals surface area contributed by atoms with Gasteiger partial charge in [-0.05, 0) is 12.1 Å². The number of aliphatic imine (C=N–C) groups is 1. The summed E-state index contributed by atoms with van der Waals surface area (Å²) in [6.45, 7) is 1.45. The standard InChI is InChI=1S/C11H11FN2O3/c1-2-11(16)14-17-6-8-9(12)4-3-5-10(8)13-7-15/h3-5H,2,6H2,1H3,(H,14,16). The number of hydrogen-bond donors (Lipinski definition) is 1. The molecule has 0 saturated carbocycles. The Bertz CT molecular complexity index is 456. The fourth-order valence-electron chi connectivity index (χ4n) is 1.10. The Balaban J connectivity index is 2.75. The molecule has 0 saturated heterocycles. The van der Waals surface area contributed by atoms with Crippen LogP contribution < -0.4 is 5.48 Å². The van der Waals surface area contributed by atoms with Gasteiger partial charge in [-0.3, -0.25) is 9.63 Å². The molecular formula is C11H11FN2O3. The minimum atomic E-state index is -0.563. The van der Waals surface area contributed by atoms with E-state index in [0.29, 0.717) is 0 Å². The minimum Gasteiger partial charge on any atom is -0.273 e. The number of nitrogens with zero attached hydrogens (tertiary/aromatic N) is 1. The lowest BCUT2D eigenvalue weighted by Gasteiger charge is -2.07. The van der Waals surface area contributed by atoms with Gasteiger partial charge in [-0.25, -0.2) is 14.7 Å². The van der Waals surface area contributed by atoms with Crippen LogP contribution in [0.4, 0.5) is 10.1 Å². The highest BCUT2D eigenvalue weighted by Gasteiger charge is 2.08. The van der Waals surface area contributed by atoms with Gasteiger partial charge in [0.2, 0.25) is 12.0 Å². The minimum absolute atomic E-state index is 0.0900. The Morgan fingerprint density at radius 3 is 3.00 bits per heavy atom. The lowest BCUT2D eigenvalue weighted by molar-refractivity contribution is -0.134. The number of benzene rings is 1. The maximum atomic E-state index is 13.4. The summed E-state index contributed by atoms with van der Waals surface area (Å²) in [6.07, 6.45) is 1.59. The topological polar surface area (TPSA) is 67.8 Å². The van der Waals surface area contributed by atoms with Crippen LogP contribution in [0.25, 0.3) is 0 Å². The van der Waals surface area contributed by atoms with Crippen LogP contribution in [0.1, 0.15) is 18.9 Å². The fraction of sp³-hybridized carbons (Fsp3) is 0.273. The van der Waals surface area contributed by atoms with Crippen molar-refractivity contribution in [1.82, 2.24) is 5.48 Å². The van der Waals surface area contributed by atoms with E-state index in [2.05, 4.69) is 10.5 Å². The molecule has 1 N–H and O–H groups in total. The van der Waals surface area contributed by atoms with E-state index in [1.807, 2.05) is 0 Å². The Morgan fingerprint density at radius 2 is 2.35 bits per heavy atom. The van der Waals surface area contributed by atoms with E-state index < -0.39 is 5.82 Å². The molecule has 5 nitrogen and oxygen atoms in total. The molecule has 0 aromatic heterocycles. The van der Waals surface area contributed by atoms with Gasteiger partial charge in [-0.2, -0.15) is 4.99 Å². The molecule has 0 bridgehead atoms. The third-order valence-corrected chi connectivity index (χ3v) is 1.98. The van der Waals surface area contributed by atoms with E-state index in [-0.39, 0.29) is 30.2 Å². The Morgan fingerprint density at radius 1 is 1.59 bits per heavy atom. The summed E-state index contributed by atoms with van der Waals surface area (Å²) in [5, 5.41) is 0. The van der Waals surface area contributed by atoms with Crippen molar-refractivity contribution in [2.45, 2.75) is 20.0 Å². The molecule has 6 heteroatoms. The van der Waals surface area contributed by atoms with Gasteiger partial charge in [-0.15, -0.1) is 0 Å². The second-order valence-corrected chi connectivity index (χ2v) is 3.11. The van der Waals surface area contributed by atoms with Crippen molar-refractivity contribution in [3.05, 3.63) is 29.6 Å². The highest BCUT2D eigenvalue weighted by Crippen LogP contribution is 2.21. The molecule has 1 aromatic carbocycles. The summed E-state index contributed by atoms with van der Waals surface area (Å²) in [4.78, 5) is 29.2. The number of nitrogens with one attached hydrogen (secondary N) is 1. The molecule has 1 rings (SSSR count). The number of halogens is 1. The van der Waals surface area contributed by atoms with Crippen LogP contribution in [0.5, 0.6) is 0 Å². The monoisotopic (exact) mass is 238 g/mol. The fourth-order valence-corrected chi connectivity index (χ4v) is 1.10. The Kier molecular flexibility index (Phi) is 5.00. The number of isocyanates is 1. The molecule has 1 aromatic rings. The number of carbonyl (C=O) groups is 1. The summed E-state index contributed by atoms with van der Waals surface area (Å²) in [5.41, 5.74) is 2.35. The molecule has 90 valence electrons. The maximum absolute atomic E-state index is 13.4. The first kappa shape index (κ1) is 13.0. The summed E-state index contributed by atoms with van der Waals surface area (Å²) >= 11 is 0. The van der Waals surface area contributed by atoms with Gasteiger partial charge in [0.15, 0.2) is 0 Å². The second kappa shape index (κ2) is 6.52. The molecule has 0 aliphatic heterocycles. The number of carbonyl (C=O) groups excluding carboxylic acids is 2. The molecule has 0 atom stereocenters. The van der Waals surface area contributed by atoms with Crippen molar-refractivity contribution in [2.24, 2.45) is 4.99 Å². The second-order valence-electron chi connectivity index (χ2n) is 3.11. The van der Waals surface area contributed by atoms with E-state index >= 15 is 0 Å². The quantitative estimate of drug-likeness (QED) is 0.482. The van der Waals surface area contributed by atoms with Gasteiger partial charge in [0.25, 0.3) is 0 Å². The van der Waals surface area contributed by atoms with Gasteiger partial charge in [-0.1, -0.05) is 13.0 Å². The molecule has 0 heterocycles. The van der Waals surface area contributed by atoms with Gasteiger partial charge < -0.3 is 0 Å². The SMILES string of the molecule is CCC(=O)NOCc1c(F)cccc1N=C=O. The van der Waals surface area contributed by atoms with Crippen LogP contribution in [-0.2, 0) is 21.0 Å². The van der Waals surface area contributed by atoms with E-state index in [4.69, 9.17) is 4.84 Å². The van der Waals surface area contributed by atoms with Crippen molar-refractivity contribution in [3.8, 4) is 0 Å². The molecule has 0 fully saturated rings. The lowest BCUT2D eigenvalue weighted by atomic mass is 10.2. The van der Waals surface area contributed by atoms with Crippen LogP contribution in [0.3, 0.4) is 0 Å². The number of hydroxylamine groups is 1. The Labute approximate surface area is 97.3 Å². The van der Waals surface area contributed by atoms with Crippen LogP contribution in [0, 0.1) is 5.82 Å². The van der Waals surface area contributed by atoms with Crippen LogP contribution in [-0.4, -0.2) is 12.0 Å². The number of hydrogen-bond acceptors (Lipinski definition) is 4. The van der Waals surface area contributed by atoms with E-state index in [1.165, 1.54) is 24.3 Å². The first-order valence-corrected chi connectivity index (χ1v) is 4.95. The van der Waals surface area contributed by atoms with Crippen molar-refractivity contribution >= 4 is 17.7 Å². The van der Waals surface area contributed by atoms with Crippen molar-refractivity contribution in [3.63, 3.8) is 0 Å². The van der Waals surface area contributed by atoms with Gasteiger partial charge >= 0.3 is 0 Å². The zero-order valence-corrected chi connectivity index (χ0v) is 9.20. The molecule has 0 aliphatic rings. The molecule has 0 radical (unpaired) electrons. The van der Waals surface area contributed by atoms with E-state index in [1.54, 1.807) is 6.92 Å².